The number of nitrogens with zero attached hydrogens (tertiary/aromatic N) is 1. The van der Waals surface area contributed by atoms with Gasteiger partial charge in [-0.3, -0.25) is 10.4 Å². The Bertz CT molecular complexity index is 454. The standard InChI is InChI=1S/C12H18BrClN4O/c1-8-6-9(13)11(7-10(8)14)17-12(18-15)16-4-3-5-19-2/h6-7H,3-5,15H2,1-2H3,(H2,16,17,18). The number of ether oxygens (including phenoxy) is 1. The van der Waals surface area contributed by atoms with Crippen LogP contribution >= 0.6 is 27.5 Å². The van der Waals surface area contributed by atoms with Gasteiger partial charge in [0.2, 0.25) is 5.96 Å². The van der Waals surface area contributed by atoms with Crippen LogP contribution in [-0.2, 0) is 4.74 Å². The van der Waals surface area contributed by atoms with Crippen molar-refractivity contribution in [1.29, 1.82) is 0 Å². The number of halogens is 2. The minimum absolute atomic E-state index is 0.483. The van der Waals surface area contributed by atoms with Gasteiger partial charge in [0.1, 0.15) is 0 Å². The van der Waals surface area contributed by atoms with E-state index in [-0.39, 0.29) is 0 Å². The largest absolute Gasteiger partial charge is 0.385 e. The molecule has 0 aliphatic rings. The number of benzene rings is 1. The number of hydrogen-bond acceptors (Lipinski definition) is 3. The number of methoxy groups -OCH3 is 1. The molecule has 5 nitrogen and oxygen atoms in total. The van der Waals surface area contributed by atoms with Crippen LogP contribution in [0.2, 0.25) is 5.02 Å². The smallest absolute Gasteiger partial charge is 0.210 e. The first-order valence-corrected chi connectivity index (χ1v) is 6.98. The Morgan fingerprint density at radius 1 is 1.53 bits per heavy atom. The molecule has 0 spiro atoms. The summed E-state index contributed by atoms with van der Waals surface area (Å²) in [6, 6.07) is 3.76. The number of aliphatic imine (C=N–C) groups is 1. The van der Waals surface area contributed by atoms with Crippen LogP contribution in [-0.4, -0.2) is 26.2 Å². The van der Waals surface area contributed by atoms with E-state index in [2.05, 4.69) is 31.7 Å². The van der Waals surface area contributed by atoms with Crippen LogP contribution in [0.25, 0.3) is 0 Å². The van der Waals surface area contributed by atoms with Crippen molar-refractivity contribution in [3.63, 3.8) is 0 Å². The van der Waals surface area contributed by atoms with Crippen LogP contribution in [0.3, 0.4) is 0 Å². The molecule has 0 unspecified atom stereocenters. The van der Waals surface area contributed by atoms with Crippen LogP contribution in [0, 0.1) is 6.92 Å². The molecule has 0 radical (unpaired) electrons. The topological polar surface area (TPSA) is 71.7 Å². The average molecular weight is 350 g/mol. The number of hydrogen-bond donors (Lipinski definition) is 3. The van der Waals surface area contributed by atoms with E-state index in [1.807, 2.05) is 19.1 Å². The summed E-state index contributed by atoms with van der Waals surface area (Å²) in [6.45, 7) is 3.23. The third kappa shape index (κ3) is 5.36. The molecule has 0 aromatic heterocycles. The number of aryl methyl sites for hydroxylation is 1. The Kier molecular flexibility index (Phi) is 7.15. The highest BCUT2D eigenvalue weighted by Crippen LogP contribution is 2.28. The number of rotatable bonds is 5. The van der Waals surface area contributed by atoms with Crippen molar-refractivity contribution in [2.24, 2.45) is 10.8 Å². The predicted molar refractivity (Wildman–Crippen MR) is 83.6 cm³/mol. The van der Waals surface area contributed by atoms with Gasteiger partial charge in [0.25, 0.3) is 0 Å². The van der Waals surface area contributed by atoms with Gasteiger partial charge in [-0.1, -0.05) is 11.6 Å². The summed E-state index contributed by atoms with van der Waals surface area (Å²) in [6.07, 6.45) is 0.833. The van der Waals surface area contributed by atoms with E-state index in [1.54, 1.807) is 7.11 Å². The average Bonchev–Trinajstić information content (AvgIpc) is 2.39. The molecular weight excluding hydrogens is 332 g/mol. The van der Waals surface area contributed by atoms with E-state index in [9.17, 15) is 0 Å². The second kappa shape index (κ2) is 8.37. The molecule has 4 N–H and O–H groups in total. The number of nitrogens with two attached hydrogens (primary N) is 1. The van der Waals surface area contributed by atoms with Gasteiger partial charge in [0.15, 0.2) is 0 Å². The van der Waals surface area contributed by atoms with E-state index in [1.165, 1.54) is 0 Å². The van der Waals surface area contributed by atoms with Crippen molar-refractivity contribution in [2.75, 3.05) is 25.6 Å². The number of guanidine groups is 1. The number of hydrazine groups is 1. The van der Waals surface area contributed by atoms with Gasteiger partial charge in [-0.05, 0) is 47.0 Å². The van der Waals surface area contributed by atoms with Crippen LogP contribution in [0.5, 0.6) is 0 Å². The van der Waals surface area contributed by atoms with Crippen molar-refractivity contribution in [3.05, 3.63) is 27.2 Å². The summed E-state index contributed by atoms with van der Waals surface area (Å²) >= 11 is 9.56. The SMILES string of the molecule is COCCCN=C(NN)Nc1cc(Cl)c(C)cc1Br. The normalized spacial score (nSPS) is 11.5. The van der Waals surface area contributed by atoms with E-state index in [0.29, 0.717) is 24.1 Å². The first kappa shape index (κ1) is 16.2. The maximum atomic E-state index is 6.09. The predicted octanol–water partition coefficient (Wildman–Crippen LogP) is 2.68. The Hall–Kier alpha value is -0.820. The van der Waals surface area contributed by atoms with Crippen LogP contribution < -0.4 is 16.6 Å². The monoisotopic (exact) mass is 348 g/mol. The Balaban J connectivity index is 2.72. The molecule has 0 fully saturated rings. The molecular formula is C12H18BrClN4O. The summed E-state index contributed by atoms with van der Waals surface area (Å²) in [5.74, 6) is 5.91. The highest BCUT2D eigenvalue weighted by Gasteiger charge is 2.06. The lowest BCUT2D eigenvalue weighted by Crippen LogP contribution is -2.36. The molecule has 0 amide bonds. The van der Waals surface area contributed by atoms with Gasteiger partial charge in [-0.15, -0.1) is 0 Å². The fourth-order valence-electron chi connectivity index (χ4n) is 1.39. The van der Waals surface area contributed by atoms with Gasteiger partial charge in [0, 0.05) is 29.8 Å². The highest BCUT2D eigenvalue weighted by molar-refractivity contribution is 9.10. The van der Waals surface area contributed by atoms with E-state index >= 15 is 0 Å². The van der Waals surface area contributed by atoms with Gasteiger partial charge >= 0.3 is 0 Å². The molecule has 0 atom stereocenters. The number of nitrogens with one attached hydrogen (secondary N) is 2. The minimum atomic E-state index is 0.483. The number of anilines is 1. The Morgan fingerprint density at radius 2 is 2.26 bits per heavy atom. The molecule has 0 bridgehead atoms. The fraction of sp³-hybridized carbons (Fsp3) is 0.417. The lowest BCUT2D eigenvalue weighted by atomic mass is 10.2. The van der Waals surface area contributed by atoms with E-state index in [4.69, 9.17) is 22.2 Å². The maximum Gasteiger partial charge on any atom is 0.210 e. The minimum Gasteiger partial charge on any atom is -0.385 e. The molecule has 0 saturated heterocycles. The molecule has 19 heavy (non-hydrogen) atoms. The third-order valence-electron chi connectivity index (χ3n) is 2.41. The molecule has 1 aromatic rings. The van der Waals surface area contributed by atoms with Crippen LogP contribution in [0.15, 0.2) is 21.6 Å². The lowest BCUT2D eigenvalue weighted by molar-refractivity contribution is 0.197. The zero-order valence-corrected chi connectivity index (χ0v) is 13.3. The summed E-state index contributed by atoms with van der Waals surface area (Å²) in [5.41, 5.74) is 4.33. The highest BCUT2D eigenvalue weighted by atomic mass is 79.9. The molecule has 0 saturated carbocycles. The molecule has 106 valence electrons. The first-order chi connectivity index (χ1) is 9.08. The van der Waals surface area contributed by atoms with E-state index < -0.39 is 0 Å². The molecule has 0 aliphatic heterocycles. The van der Waals surface area contributed by atoms with Gasteiger partial charge in [-0.25, -0.2) is 5.84 Å². The van der Waals surface area contributed by atoms with Crippen molar-refractivity contribution < 1.29 is 4.74 Å². The Labute approximate surface area is 126 Å². The summed E-state index contributed by atoms with van der Waals surface area (Å²) in [7, 11) is 1.66. The summed E-state index contributed by atoms with van der Waals surface area (Å²) in [5, 5.41) is 3.77. The van der Waals surface area contributed by atoms with Gasteiger partial charge in [0.05, 0.1) is 5.69 Å². The molecule has 1 rings (SSSR count). The zero-order chi connectivity index (χ0) is 14.3. The second-order valence-electron chi connectivity index (χ2n) is 3.93. The first-order valence-electron chi connectivity index (χ1n) is 5.81. The van der Waals surface area contributed by atoms with Crippen LogP contribution in [0.4, 0.5) is 5.69 Å². The van der Waals surface area contributed by atoms with Crippen molar-refractivity contribution in [2.45, 2.75) is 13.3 Å². The molecule has 0 heterocycles. The zero-order valence-electron chi connectivity index (χ0n) is 11.0. The summed E-state index contributed by atoms with van der Waals surface area (Å²) < 4.78 is 5.85. The molecule has 1 aromatic carbocycles. The molecule has 0 aliphatic carbocycles. The van der Waals surface area contributed by atoms with Crippen molar-refractivity contribution in [3.8, 4) is 0 Å². The third-order valence-corrected chi connectivity index (χ3v) is 3.48. The maximum absolute atomic E-state index is 6.09. The second-order valence-corrected chi connectivity index (χ2v) is 5.19. The van der Waals surface area contributed by atoms with Crippen molar-refractivity contribution >= 4 is 39.2 Å². The quantitative estimate of drug-likeness (QED) is 0.251. The Morgan fingerprint density at radius 3 is 2.89 bits per heavy atom. The lowest BCUT2D eigenvalue weighted by Gasteiger charge is -2.12. The summed E-state index contributed by atoms with van der Waals surface area (Å²) in [4.78, 5) is 4.29. The van der Waals surface area contributed by atoms with Gasteiger partial charge in [-0.2, -0.15) is 0 Å². The van der Waals surface area contributed by atoms with Crippen molar-refractivity contribution in [1.82, 2.24) is 5.43 Å². The van der Waals surface area contributed by atoms with Crippen LogP contribution in [0.1, 0.15) is 12.0 Å². The fourth-order valence-corrected chi connectivity index (χ4v) is 2.11. The molecule has 7 heteroatoms. The van der Waals surface area contributed by atoms with Gasteiger partial charge < -0.3 is 10.1 Å². The van der Waals surface area contributed by atoms with E-state index in [0.717, 1.165) is 22.1 Å².